The first kappa shape index (κ1) is 20.0. The predicted octanol–water partition coefficient (Wildman–Crippen LogP) is 3.27. The van der Waals surface area contributed by atoms with E-state index >= 15 is 0 Å². The molecule has 7 nitrogen and oxygen atoms in total. The Labute approximate surface area is 168 Å². The van der Waals surface area contributed by atoms with E-state index in [9.17, 15) is 9.59 Å². The van der Waals surface area contributed by atoms with Crippen LogP contribution >= 0.6 is 0 Å². The Kier molecular flexibility index (Phi) is 5.87. The quantitative estimate of drug-likeness (QED) is 0.421. The lowest BCUT2D eigenvalue weighted by molar-refractivity contribution is -0.149. The van der Waals surface area contributed by atoms with Crippen LogP contribution in [0.4, 0.5) is 0 Å². The van der Waals surface area contributed by atoms with Crippen molar-refractivity contribution in [3.8, 4) is 23.0 Å². The van der Waals surface area contributed by atoms with Crippen molar-refractivity contribution >= 4 is 24.1 Å². The smallest absolute Gasteiger partial charge is 0.346 e. The zero-order valence-corrected chi connectivity index (χ0v) is 16.5. The molecule has 2 aromatic rings. The highest BCUT2D eigenvalue weighted by molar-refractivity contribution is 6.22. The first-order valence-electron chi connectivity index (χ1n) is 8.65. The minimum Gasteiger partial charge on any atom is -0.493 e. The Morgan fingerprint density at radius 3 is 1.34 bits per heavy atom. The van der Waals surface area contributed by atoms with E-state index < -0.39 is 11.9 Å². The van der Waals surface area contributed by atoms with Crippen LogP contribution in [0.5, 0.6) is 23.0 Å². The first-order chi connectivity index (χ1) is 14.0. The molecule has 0 bridgehead atoms. The highest BCUT2D eigenvalue weighted by Crippen LogP contribution is 2.33. The second kappa shape index (κ2) is 8.52. The molecule has 0 radical (unpaired) electrons. The van der Waals surface area contributed by atoms with Crippen molar-refractivity contribution < 1.29 is 33.3 Å². The van der Waals surface area contributed by atoms with Crippen LogP contribution < -0.4 is 18.9 Å². The molecule has 0 amide bonds. The predicted molar refractivity (Wildman–Crippen MR) is 106 cm³/mol. The summed E-state index contributed by atoms with van der Waals surface area (Å²) < 4.78 is 25.8. The summed E-state index contributed by atoms with van der Waals surface area (Å²) in [6, 6.07) is 10.3. The normalized spacial score (nSPS) is 16.1. The van der Waals surface area contributed by atoms with Crippen molar-refractivity contribution in [2.75, 3.05) is 28.4 Å². The number of carbonyl (C=O) groups is 2. The lowest BCUT2D eigenvalue weighted by atomic mass is 10.0. The van der Waals surface area contributed by atoms with E-state index in [1.807, 2.05) is 0 Å². The number of hydrogen-bond donors (Lipinski definition) is 0. The van der Waals surface area contributed by atoms with Gasteiger partial charge in [-0.3, -0.25) is 0 Å². The lowest BCUT2D eigenvalue weighted by Crippen LogP contribution is -1.97. The number of rotatable bonds is 6. The molecule has 0 atom stereocenters. The summed E-state index contributed by atoms with van der Waals surface area (Å²) in [5.41, 5.74) is 1.61. The zero-order valence-electron chi connectivity index (χ0n) is 16.5. The van der Waals surface area contributed by atoms with E-state index in [2.05, 4.69) is 0 Å². The fourth-order valence-corrected chi connectivity index (χ4v) is 2.91. The Bertz CT molecular complexity index is 936. The third-order valence-corrected chi connectivity index (χ3v) is 4.35. The molecule has 1 saturated heterocycles. The molecule has 29 heavy (non-hydrogen) atoms. The summed E-state index contributed by atoms with van der Waals surface area (Å²) in [5.74, 6) is 0.699. The van der Waals surface area contributed by atoms with Gasteiger partial charge in [0.15, 0.2) is 23.0 Å². The van der Waals surface area contributed by atoms with Gasteiger partial charge in [0.1, 0.15) is 0 Å². The fourth-order valence-electron chi connectivity index (χ4n) is 2.91. The molecular weight excluding hydrogens is 376 g/mol. The summed E-state index contributed by atoms with van der Waals surface area (Å²) in [6.45, 7) is 0. The van der Waals surface area contributed by atoms with Gasteiger partial charge in [0.2, 0.25) is 0 Å². The molecule has 0 unspecified atom stereocenters. The van der Waals surface area contributed by atoms with Gasteiger partial charge < -0.3 is 23.7 Å². The number of methoxy groups -OCH3 is 4. The molecule has 2 aromatic carbocycles. The van der Waals surface area contributed by atoms with Gasteiger partial charge >= 0.3 is 11.9 Å². The van der Waals surface area contributed by atoms with Crippen LogP contribution in [-0.4, -0.2) is 40.4 Å². The molecule has 1 fully saturated rings. The van der Waals surface area contributed by atoms with Crippen LogP contribution in [0.1, 0.15) is 11.1 Å². The summed E-state index contributed by atoms with van der Waals surface area (Å²) in [4.78, 5) is 24.5. The molecule has 0 spiro atoms. The van der Waals surface area contributed by atoms with Crippen molar-refractivity contribution in [1.29, 1.82) is 0 Å². The van der Waals surface area contributed by atoms with Crippen molar-refractivity contribution in [2.24, 2.45) is 0 Å². The summed E-state index contributed by atoms with van der Waals surface area (Å²) >= 11 is 0. The van der Waals surface area contributed by atoms with E-state index in [-0.39, 0.29) is 11.1 Å². The van der Waals surface area contributed by atoms with Gasteiger partial charge in [-0.2, -0.15) is 0 Å². The maximum Gasteiger partial charge on any atom is 0.346 e. The highest BCUT2D eigenvalue weighted by Gasteiger charge is 2.33. The zero-order chi connectivity index (χ0) is 21.0. The Balaban J connectivity index is 2.04. The summed E-state index contributed by atoms with van der Waals surface area (Å²) in [5, 5.41) is 0. The standard InChI is InChI=1S/C22H20O7/c1-25-17-7-5-13(11-19(17)27-3)9-15-16(22(24)29-21(15)23)10-14-6-8-18(26-2)20(12-14)28-4/h5-12H,1-4H3/b15-9-,16-10-. The van der Waals surface area contributed by atoms with Crippen LogP contribution in [0.2, 0.25) is 0 Å². The van der Waals surface area contributed by atoms with Crippen molar-refractivity contribution in [2.45, 2.75) is 0 Å². The van der Waals surface area contributed by atoms with Gasteiger partial charge in [0.05, 0.1) is 39.6 Å². The monoisotopic (exact) mass is 396 g/mol. The molecule has 1 heterocycles. The molecule has 3 rings (SSSR count). The topological polar surface area (TPSA) is 80.3 Å². The van der Waals surface area contributed by atoms with Gasteiger partial charge in [0, 0.05) is 0 Å². The average Bonchev–Trinajstić information content (AvgIpc) is 3.00. The van der Waals surface area contributed by atoms with Gasteiger partial charge in [-0.25, -0.2) is 9.59 Å². The van der Waals surface area contributed by atoms with E-state index in [0.717, 1.165) is 0 Å². The summed E-state index contributed by atoms with van der Waals surface area (Å²) in [7, 11) is 6.11. The van der Waals surface area contributed by atoms with Crippen molar-refractivity contribution in [1.82, 2.24) is 0 Å². The lowest BCUT2D eigenvalue weighted by Gasteiger charge is -2.08. The minimum atomic E-state index is -0.712. The Morgan fingerprint density at radius 1 is 0.621 bits per heavy atom. The van der Waals surface area contributed by atoms with Gasteiger partial charge in [-0.1, -0.05) is 12.1 Å². The largest absolute Gasteiger partial charge is 0.493 e. The number of cyclic esters (lactones) is 2. The number of carbonyl (C=O) groups excluding carboxylic acids is 2. The molecule has 1 aliphatic heterocycles. The second-order valence-corrected chi connectivity index (χ2v) is 6.02. The molecular formula is C22H20O7. The van der Waals surface area contributed by atoms with Crippen LogP contribution in [0.25, 0.3) is 12.2 Å². The van der Waals surface area contributed by atoms with Crippen LogP contribution in [0, 0.1) is 0 Å². The summed E-state index contributed by atoms with van der Waals surface area (Å²) in [6.07, 6.45) is 3.14. The molecule has 150 valence electrons. The third-order valence-electron chi connectivity index (χ3n) is 4.35. The van der Waals surface area contributed by atoms with Crippen molar-refractivity contribution in [3.63, 3.8) is 0 Å². The second-order valence-electron chi connectivity index (χ2n) is 6.02. The highest BCUT2D eigenvalue weighted by atomic mass is 16.6. The van der Waals surface area contributed by atoms with Gasteiger partial charge in [-0.15, -0.1) is 0 Å². The SMILES string of the molecule is COc1ccc(/C=C2\C(=O)OC(=O)\C2=C/c2ccc(OC)c(OC)c2)cc1OC. The first-order valence-corrected chi connectivity index (χ1v) is 8.65. The molecule has 0 saturated carbocycles. The van der Waals surface area contributed by atoms with Crippen LogP contribution in [-0.2, 0) is 14.3 Å². The number of esters is 2. The van der Waals surface area contributed by atoms with E-state index in [4.69, 9.17) is 23.7 Å². The Hall–Kier alpha value is -3.74. The average molecular weight is 396 g/mol. The number of ether oxygens (including phenoxy) is 5. The fraction of sp³-hybridized carbons (Fsp3) is 0.182. The Morgan fingerprint density at radius 2 is 1.00 bits per heavy atom. The molecule has 7 heteroatoms. The van der Waals surface area contributed by atoms with Gasteiger partial charge in [0.25, 0.3) is 0 Å². The van der Waals surface area contributed by atoms with E-state index in [1.54, 1.807) is 48.6 Å². The maximum atomic E-state index is 12.2. The molecule has 0 aromatic heterocycles. The van der Waals surface area contributed by atoms with Crippen LogP contribution in [0.3, 0.4) is 0 Å². The molecule has 1 aliphatic rings. The molecule has 0 aliphatic carbocycles. The number of benzene rings is 2. The van der Waals surface area contributed by atoms with E-state index in [0.29, 0.717) is 34.1 Å². The number of hydrogen-bond acceptors (Lipinski definition) is 7. The minimum absolute atomic E-state index is 0.150. The van der Waals surface area contributed by atoms with Crippen molar-refractivity contribution in [3.05, 3.63) is 58.7 Å². The molecule has 0 N–H and O–H groups in total. The van der Waals surface area contributed by atoms with Crippen LogP contribution in [0.15, 0.2) is 47.5 Å². The van der Waals surface area contributed by atoms with E-state index in [1.165, 1.54) is 28.4 Å². The third kappa shape index (κ3) is 4.08. The maximum absolute atomic E-state index is 12.2. The van der Waals surface area contributed by atoms with Gasteiger partial charge in [-0.05, 0) is 47.5 Å².